The minimum Gasteiger partial charge on any atom is -0.207 e. The smallest absolute Gasteiger partial charge is 0.129 e. The first kappa shape index (κ1) is 8.67. The van der Waals surface area contributed by atoms with Crippen LogP contribution in [0, 0.1) is 18.6 Å². The quantitative estimate of drug-likeness (QED) is 0.623. The highest BCUT2D eigenvalue weighted by molar-refractivity contribution is 5.29. The van der Waals surface area contributed by atoms with E-state index in [1.807, 2.05) is 0 Å². The monoisotopic (exact) mass is 182 g/mol. The molecule has 13 heavy (non-hydrogen) atoms. The lowest BCUT2D eigenvalue weighted by molar-refractivity contribution is 0.386. The molecule has 2 rings (SSSR count). The molecule has 1 aliphatic carbocycles. The molecular formula is C11H12F2. The molecule has 1 saturated carbocycles. The first-order chi connectivity index (χ1) is 6.18. The normalized spacial score (nSPS) is 17.2. The molecule has 1 aromatic rings. The second-order valence-electron chi connectivity index (χ2n) is 3.77. The van der Waals surface area contributed by atoms with Gasteiger partial charge in [-0.3, -0.25) is 0 Å². The summed E-state index contributed by atoms with van der Waals surface area (Å²) in [6.07, 6.45) is 2.95. The van der Waals surface area contributed by atoms with Gasteiger partial charge in [-0.1, -0.05) is 6.42 Å². The van der Waals surface area contributed by atoms with Gasteiger partial charge < -0.3 is 0 Å². The van der Waals surface area contributed by atoms with Crippen molar-refractivity contribution in [1.82, 2.24) is 0 Å². The molecule has 0 aliphatic heterocycles. The third-order valence-electron chi connectivity index (χ3n) is 2.74. The molecule has 0 N–H and O–H groups in total. The van der Waals surface area contributed by atoms with Crippen LogP contribution in [0.15, 0.2) is 12.1 Å². The predicted octanol–water partition coefficient (Wildman–Crippen LogP) is 3.54. The van der Waals surface area contributed by atoms with Crippen LogP contribution in [0.2, 0.25) is 0 Å². The van der Waals surface area contributed by atoms with E-state index in [0.29, 0.717) is 11.1 Å². The Balaban J connectivity index is 2.43. The highest BCUT2D eigenvalue weighted by Gasteiger charge is 2.25. The van der Waals surface area contributed by atoms with Crippen molar-refractivity contribution in [2.75, 3.05) is 0 Å². The lowest BCUT2D eigenvalue weighted by Crippen LogP contribution is -2.13. The van der Waals surface area contributed by atoms with Gasteiger partial charge in [0.1, 0.15) is 11.6 Å². The van der Waals surface area contributed by atoms with E-state index >= 15 is 0 Å². The Labute approximate surface area is 76.6 Å². The molecule has 0 atom stereocenters. The van der Waals surface area contributed by atoms with Crippen molar-refractivity contribution >= 4 is 0 Å². The number of aryl methyl sites for hydroxylation is 1. The SMILES string of the molecule is Cc1cc(F)c(C2CCC2)c(F)c1. The van der Waals surface area contributed by atoms with Crippen molar-refractivity contribution < 1.29 is 8.78 Å². The Kier molecular flexibility index (Phi) is 2.06. The van der Waals surface area contributed by atoms with E-state index in [9.17, 15) is 8.78 Å². The van der Waals surface area contributed by atoms with Crippen LogP contribution in [0.3, 0.4) is 0 Å². The molecule has 1 aliphatic rings. The maximum atomic E-state index is 13.3. The predicted molar refractivity (Wildman–Crippen MR) is 47.7 cm³/mol. The molecule has 1 fully saturated rings. The zero-order valence-electron chi connectivity index (χ0n) is 7.61. The highest BCUT2D eigenvalue weighted by Crippen LogP contribution is 2.39. The van der Waals surface area contributed by atoms with E-state index in [1.165, 1.54) is 12.1 Å². The highest BCUT2D eigenvalue weighted by atomic mass is 19.1. The molecule has 0 bridgehead atoms. The number of hydrogen-bond acceptors (Lipinski definition) is 0. The first-order valence-corrected chi connectivity index (χ1v) is 4.64. The van der Waals surface area contributed by atoms with Crippen molar-refractivity contribution in [1.29, 1.82) is 0 Å². The van der Waals surface area contributed by atoms with Crippen LogP contribution in [-0.4, -0.2) is 0 Å². The minimum atomic E-state index is -0.373. The van der Waals surface area contributed by atoms with Gasteiger partial charge >= 0.3 is 0 Å². The Morgan fingerprint density at radius 2 is 1.69 bits per heavy atom. The lowest BCUT2D eigenvalue weighted by Gasteiger charge is -2.26. The standard InChI is InChI=1S/C11H12F2/c1-7-5-9(12)11(10(13)6-7)8-3-2-4-8/h5-6,8H,2-4H2,1H3. The van der Waals surface area contributed by atoms with Gasteiger partial charge in [-0.25, -0.2) is 8.78 Å². The molecule has 0 nitrogen and oxygen atoms in total. The summed E-state index contributed by atoms with van der Waals surface area (Å²) < 4.78 is 26.7. The Bertz CT molecular complexity index is 304. The van der Waals surface area contributed by atoms with E-state index in [1.54, 1.807) is 6.92 Å². The summed E-state index contributed by atoms with van der Waals surface area (Å²) in [5.74, 6) is -0.620. The van der Waals surface area contributed by atoms with Gasteiger partial charge in [-0.05, 0) is 43.4 Å². The molecule has 0 radical (unpaired) electrons. The third-order valence-corrected chi connectivity index (χ3v) is 2.74. The van der Waals surface area contributed by atoms with Crippen LogP contribution in [0.25, 0.3) is 0 Å². The van der Waals surface area contributed by atoms with E-state index in [-0.39, 0.29) is 17.6 Å². The molecule has 70 valence electrons. The molecule has 0 amide bonds. The van der Waals surface area contributed by atoms with Crippen molar-refractivity contribution in [3.05, 3.63) is 34.9 Å². The van der Waals surface area contributed by atoms with Crippen LogP contribution in [-0.2, 0) is 0 Å². The fourth-order valence-electron chi connectivity index (χ4n) is 1.80. The fourth-order valence-corrected chi connectivity index (χ4v) is 1.80. The molecule has 0 spiro atoms. The number of halogens is 2. The Morgan fingerprint density at radius 1 is 1.15 bits per heavy atom. The average molecular weight is 182 g/mol. The van der Waals surface area contributed by atoms with Crippen LogP contribution in [0.4, 0.5) is 8.78 Å². The molecular weight excluding hydrogens is 170 g/mol. The molecule has 0 heterocycles. The van der Waals surface area contributed by atoms with Crippen LogP contribution >= 0.6 is 0 Å². The maximum Gasteiger partial charge on any atom is 0.129 e. The van der Waals surface area contributed by atoms with Gasteiger partial charge in [-0.15, -0.1) is 0 Å². The second kappa shape index (κ2) is 3.09. The van der Waals surface area contributed by atoms with Crippen molar-refractivity contribution in [2.45, 2.75) is 32.1 Å². The van der Waals surface area contributed by atoms with Crippen LogP contribution in [0.5, 0.6) is 0 Å². The number of rotatable bonds is 1. The summed E-state index contributed by atoms with van der Waals surface area (Å²) in [6.45, 7) is 1.71. The van der Waals surface area contributed by atoms with E-state index in [2.05, 4.69) is 0 Å². The van der Waals surface area contributed by atoms with Crippen LogP contribution in [0.1, 0.15) is 36.3 Å². The maximum absolute atomic E-state index is 13.3. The third kappa shape index (κ3) is 1.45. The fraction of sp³-hybridized carbons (Fsp3) is 0.455. The van der Waals surface area contributed by atoms with Gasteiger partial charge in [0, 0.05) is 5.56 Å². The summed E-state index contributed by atoms with van der Waals surface area (Å²) >= 11 is 0. The van der Waals surface area contributed by atoms with Crippen LogP contribution < -0.4 is 0 Å². The Morgan fingerprint density at radius 3 is 2.08 bits per heavy atom. The average Bonchev–Trinajstić information content (AvgIpc) is 1.92. The van der Waals surface area contributed by atoms with Crippen molar-refractivity contribution in [3.8, 4) is 0 Å². The summed E-state index contributed by atoms with van der Waals surface area (Å²) in [5, 5.41) is 0. The van der Waals surface area contributed by atoms with E-state index < -0.39 is 0 Å². The number of benzene rings is 1. The summed E-state index contributed by atoms with van der Waals surface area (Å²) in [6, 6.07) is 2.83. The summed E-state index contributed by atoms with van der Waals surface area (Å²) in [5.41, 5.74) is 0.954. The zero-order valence-corrected chi connectivity index (χ0v) is 7.61. The molecule has 0 aromatic heterocycles. The van der Waals surface area contributed by atoms with Gasteiger partial charge in [0.2, 0.25) is 0 Å². The van der Waals surface area contributed by atoms with Gasteiger partial charge in [-0.2, -0.15) is 0 Å². The molecule has 0 unspecified atom stereocenters. The molecule has 2 heteroatoms. The topological polar surface area (TPSA) is 0 Å². The first-order valence-electron chi connectivity index (χ1n) is 4.64. The van der Waals surface area contributed by atoms with Gasteiger partial charge in [0.15, 0.2) is 0 Å². The zero-order chi connectivity index (χ0) is 9.42. The Hall–Kier alpha value is -0.920. The summed E-state index contributed by atoms with van der Waals surface area (Å²) in [7, 11) is 0. The van der Waals surface area contributed by atoms with Crippen molar-refractivity contribution in [2.24, 2.45) is 0 Å². The largest absolute Gasteiger partial charge is 0.207 e. The van der Waals surface area contributed by atoms with Gasteiger partial charge in [0.25, 0.3) is 0 Å². The molecule has 1 aromatic carbocycles. The van der Waals surface area contributed by atoms with Crippen molar-refractivity contribution in [3.63, 3.8) is 0 Å². The van der Waals surface area contributed by atoms with E-state index in [4.69, 9.17) is 0 Å². The second-order valence-corrected chi connectivity index (χ2v) is 3.77. The summed E-state index contributed by atoms with van der Waals surface area (Å²) in [4.78, 5) is 0. The minimum absolute atomic E-state index is 0.126. The molecule has 0 saturated heterocycles. The van der Waals surface area contributed by atoms with E-state index in [0.717, 1.165) is 19.3 Å². The lowest BCUT2D eigenvalue weighted by atomic mass is 9.79. The van der Waals surface area contributed by atoms with Gasteiger partial charge in [0.05, 0.1) is 0 Å². The number of hydrogen-bond donors (Lipinski definition) is 0.